The molecule has 2 aliphatic heterocycles. The van der Waals surface area contributed by atoms with E-state index in [9.17, 15) is 13.8 Å². The number of carbonyl (C=O) groups excluding carboxylic acids is 2. The Morgan fingerprint density at radius 3 is 2.39 bits per heavy atom. The fraction of sp³-hybridized carbons (Fsp3) is 0.417. The van der Waals surface area contributed by atoms with Crippen LogP contribution in [0.25, 0.3) is 0 Å². The van der Waals surface area contributed by atoms with Gasteiger partial charge < -0.3 is 9.80 Å². The second-order valence-corrected chi connectivity index (χ2v) is 9.62. The van der Waals surface area contributed by atoms with Crippen molar-refractivity contribution in [2.75, 3.05) is 44.0 Å². The van der Waals surface area contributed by atoms with Crippen LogP contribution in [0.2, 0.25) is 0 Å². The van der Waals surface area contributed by atoms with Crippen LogP contribution in [-0.4, -0.2) is 64.9 Å². The summed E-state index contributed by atoms with van der Waals surface area (Å²) in [6.45, 7) is 5.31. The number of nitrogens with zero attached hydrogens (tertiary/aromatic N) is 3. The summed E-state index contributed by atoms with van der Waals surface area (Å²) in [4.78, 5) is 31.8. The van der Waals surface area contributed by atoms with E-state index < -0.39 is 10.8 Å². The SMILES string of the molecule is CCCN(CCCN1C(=O)c2ccccc2C1=O)CCc1ccc2c(c1)S(=O)CN2C. The minimum absolute atomic E-state index is 0.182. The zero-order valence-corrected chi connectivity index (χ0v) is 19.0. The van der Waals surface area contributed by atoms with E-state index in [1.54, 1.807) is 24.3 Å². The van der Waals surface area contributed by atoms with Gasteiger partial charge in [-0.3, -0.25) is 18.7 Å². The second-order valence-electron chi connectivity index (χ2n) is 8.23. The molecule has 164 valence electrons. The van der Waals surface area contributed by atoms with Gasteiger partial charge in [0.1, 0.15) is 0 Å². The second kappa shape index (κ2) is 9.32. The summed E-state index contributed by atoms with van der Waals surface area (Å²) >= 11 is 0. The lowest BCUT2D eigenvalue weighted by atomic mass is 10.1. The first-order chi connectivity index (χ1) is 15.0. The quantitative estimate of drug-likeness (QED) is 0.562. The first kappa shape index (κ1) is 21.7. The van der Waals surface area contributed by atoms with Crippen LogP contribution < -0.4 is 4.90 Å². The molecule has 4 rings (SSSR count). The highest BCUT2D eigenvalue weighted by Crippen LogP contribution is 2.31. The molecule has 2 aromatic rings. The van der Waals surface area contributed by atoms with Crippen molar-refractivity contribution in [3.8, 4) is 0 Å². The van der Waals surface area contributed by atoms with E-state index in [4.69, 9.17) is 0 Å². The van der Waals surface area contributed by atoms with E-state index in [1.807, 2.05) is 11.9 Å². The van der Waals surface area contributed by atoms with Crippen LogP contribution in [0.1, 0.15) is 46.0 Å². The lowest BCUT2D eigenvalue weighted by Crippen LogP contribution is -2.34. The van der Waals surface area contributed by atoms with Crippen LogP contribution >= 0.6 is 0 Å². The number of rotatable bonds is 9. The van der Waals surface area contributed by atoms with Gasteiger partial charge in [-0.15, -0.1) is 0 Å². The molecule has 1 unspecified atom stereocenters. The van der Waals surface area contributed by atoms with Crippen LogP contribution in [0.5, 0.6) is 0 Å². The van der Waals surface area contributed by atoms with Gasteiger partial charge in [0.15, 0.2) is 0 Å². The molecule has 6 nitrogen and oxygen atoms in total. The van der Waals surface area contributed by atoms with E-state index in [2.05, 4.69) is 30.0 Å². The number of imide groups is 1. The number of amides is 2. The molecule has 0 radical (unpaired) electrons. The van der Waals surface area contributed by atoms with Gasteiger partial charge in [-0.2, -0.15) is 0 Å². The standard InChI is InChI=1S/C24H29N3O3S/c1-3-12-26(15-11-18-9-10-21-22(16-18)31(30)17-25(21)2)13-6-14-27-23(28)19-7-4-5-8-20(19)24(27)29/h4-5,7-10,16H,3,6,11-15,17H2,1-2H3. The monoisotopic (exact) mass is 439 g/mol. The molecule has 2 amide bonds. The summed E-state index contributed by atoms with van der Waals surface area (Å²) in [5.74, 6) is 0.205. The van der Waals surface area contributed by atoms with Gasteiger partial charge in [0.2, 0.25) is 0 Å². The number of hydrogen-bond acceptors (Lipinski definition) is 5. The molecule has 2 aromatic carbocycles. The largest absolute Gasteiger partial charge is 0.361 e. The Balaban J connectivity index is 1.31. The third-order valence-electron chi connectivity index (χ3n) is 5.98. The fourth-order valence-electron chi connectivity index (χ4n) is 4.36. The van der Waals surface area contributed by atoms with Crippen molar-refractivity contribution in [3.63, 3.8) is 0 Å². The number of hydrogen-bond donors (Lipinski definition) is 0. The first-order valence-corrected chi connectivity index (χ1v) is 12.2. The molecule has 1 atom stereocenters. The predicted octanol–water partition coefficient (Wildman–Crippen LogP) is 3.14. The molecule has 0 N–H and O–H groups in total. The van der Waals surface area contributed by atoms with E-state index in [0.717, 1.165) is 49.5 Å². The Bertz CT molecular complexity index is 988. The van der Waals surface area contributed by atoms with Crippen molar-refractivity contribution in [3.05, 3.63) is 59.2 Å². The lowest BCUT2D eigenvalue weighted by molar-refractivity contribution is 0.0647. The van der Waals surface area contributed by atoms with Crippen molar-refractivity contribution >= 4 is 28.3 Å². The third kappa shape index (κ3) is 4.43. The van der Waals surface area contributed by atoms with Crippen LogP contribution in [-0.2, 0) is 17.2 Å². The smallest absolute Gasteiger partial charge is 0.261 e. The molecule has 0 spiro atoms. The van der Waals surface area contributed by atoms with Crippen molar-refractivity contribution in [1.82, 2.24) is 9.80 Å². The number of carbonyl (C=O) groups is 2. The highest BCUT2D eigenvalue weighted by atomic mass is 32.2. The van der Waals surface area contributed by atoms with Crippen LogP contribution in [0.15, 0.2) is 47.4 Å². The maximum Gasteiger partial charge on any atom is 0.261 e. The number of benzene rings is 2. The average molecular weight is 440 g/mol. The Labute approximate surface area is 186 Å². The Hall–Kier alpha value is -2.51. The molecule has 2 aliphatic rings. The maximum atomic E-state index is 12.5. The van der Waals surface area contributed by atoms with Gasteiger partial charge in [0, 0.05) is 20.1 Å². The van der Waals surface area contributed by atoms with Gasteiger partial charge in [-0.05, 0) is 62.2 Å². The van der Waals surface area contributed by atoms with Crippen molar-refractivity contribution < 1.29 is 13.8 Å². The van der Waals surface area contributed by atoms with Gasteiger partial charge in [0.05, 0.1) is 38.4 Å². The van der Waals surface area contributed by atoms with Gasteiger partial charge in [-0.25, -0.2) is 0 Å². The van der Waals surface area contributed by atoms with Crippen molar-refractivity contribution in [2.45, 2.75) is 31.1 Å². The predicted molar refractivity (Wildman–Crippen MR) is 123 cm³/mol. The van der Waals surface area contributed by atoms with E-state index in [0.29, 0.717) is 23.5 Å². The lowest BCUT2D eigenvalue weighted by Gasteiger charge is -2.23. The highest BCUT2D eigenvalue weighted by Gasteiger charge is 2.34. The Morgan fingerprint density at radius 2 is 1.71 bits per heavy atom. The van der Waals surface area contributed by atoms with Crippen LogP contribution in [0, 0.1) is 0 Å². The summed E-state index contributed by atoms with van der Waals surface area (Å²) in [6.07, 6.45) is 2.69. The summed E-state index contributed by atoms with van der Waals surface area (Å²) in [5, 5.41) is 0. The van der Waals surface area contributed by atoms with E-state index in [-0.39, 0.29) is 11.8 Å². The van der Waals surface area contributed by atoms with Crippen LogP contribution in [0.3, 0.4) is 0 Å². The highest BCUT2D eigenvalue weighted by molar-refractivity contribution is 7.85. The summed E-state index contributed by atoms with van der Waals surface area (Å²) in [6, 6.07) is 13.3. The molecular formula is C24H29N3O3S. The molecule has 7 heteroatoms. The molecule has 0 fully saturated rings. The number of anilines is 1. The van der Waals surface area contributed by atoms with Gasteiger partial charge >= 0.3 is 0 Å². The van der Waals surface area contributed by atoms with Crippen molar-refractivity contribution in [1.29, 1.82) is 0 Å². The van der Waals surface area contributed by atoms with Gasteiger partial charge in [-0.1, -0.05) is 25.1 Å². The molecule has 0 aliphatic carbocycles. The topological polar surface area (TPSA) is 60.9 Å². The molecule has 0 aromatic heterocycles. The van der Waals surface area contributed by atoms with E-state index >= 15 is 0 Å². The molecule has 31 heavy (non-hydrogen) atoms. The summed E-state index contributed by atoms with van der Waals surface area (Å²) in [7, 11) is 1.03. The minimum atomic E-state index is -0.943. The minimum Gasteiger partial charge on any atom is -0.361 e. The third-order valence-corrected chi connectivity index (χ3v) is 7.42. The zero-order chi connectivity index (χ0) is 22.0. The fourth-order valence-corrected chi connectivity index (χ4v) is 5.73. The van der Waals surface area contributed by atoms with Crippen molar-refractivity contribution in [2.24, 2.45) is 0 Å². The van der Waals surface area contributed by atoms with Gasteiger partial charge in [0.25, 0.3) is 11.8 Å². The normalized spacial score (nSPS) is 17.6. The molecule has 0 saturated heterocycles. The van der Waals surface area contributed by atoms with Crippen LogP contribution in [0.4, 0.5) is 5.69 Å². The molecule has 0 saturated carbocycles. The number of fused-ring (bicyclic) bond motifs is 2. The maximum absolute atomic E-state index is 12.5. The Kier molecular flexibility index (Phi) is 6.53. The average Bonchev–Trinajstić information content (AvgIpc) is 3.19. The zero-order valence-electron chi connectivity index (χ0n) is 18.2. The summed E-state index contributed by atoms with van der Waals surface area (Å²) in [5.41, 5.74) is 3.28. The molecular weight excluding hydrogens is 410 g/mol. The molecule has 0 bridgehead atoms. The Morgan fingerprint density at radius 1 is 1.00 bits per heavy atom. The van der Waals surface area contributed by atoms with E-state index in [1.165, 1.54) is 10.5 Å². The first-order valence-electron chi connectivity index (χ1n) is 10.9. The summed E-state index contributed by atoms with van der Waals surface area (Å²) < 4.78 is 12.3. The molecule has 2 heterocycles.